The van der Waals surface area contributed by atoms with Crippen LogP contribution in [0.1, 0.15) is 17.4 Å². The predicted molar refractivity (Wildman–Crippen MR) is 118 cm³/mol. The normalized spacial score (nSPS) is 26.1. The summed E-state index contributed by atoms with van der Waals surface area (Å²) in [5.41, 5.74) is 2.83. The summed E-state index contributed by atoms with van der Waals surface area (Å²) in [6, 6.07) is 18.2. The molecule has 166 valence electrons. The third kappa shape index (κ3) is 3.58. The third-order valence-corrected chi connectivity index (χ3v) is 6.23. The lowest BCUT2D eigenvalue weighted by Crippen LogP contribution is -2.56. The number of aliphatic hydroxyl groups excluding tert-OH is 4. The van der Waals surface area contributed by atoms with Crippen LogP contribution in [0, 0.1) is 5.82 Å². The lowest BCUT2D eigenvalue weighted by Gasteiger charge is -2.40. The monoisotopic (exact) mass is 437 g/mol. The minimum Gasteiger partial charge on any atom is -0.394 e. The molecule has 1 aliphatic rings. The molecule has 2 heterocycles. The van der Waals surface area contributed by atoms with E-state index >= 15 is 0 Å². The molecule has 0 unspecified atom stereocenters. The zero-order chi connectivity index (χ0) is 22.4. The van der Waals surface area contributed by atoms with Gasteiger partial charge in [0.25, 0.3) is 0 Å². The number of nitrogens with zero attached hydrogens (tertiary/aromatic N) is 1. The first kappa shape index (κ1) is 21.1. The summed E-state index contributed by atoms with van der Waals surface area (Å²) in [5, 5.41) is 43.2. The summed E-state index contributed by atoms with van der Waals surface area (Å²) in [6.07, 6.45) is -3.71. The van der Waals surface area contributed by atoms with E-state index in [0.29, 0.717) is 6.42 Å². The lowest BCUT2D eigenvalue weighted by molar-refractivity contribution is -0.250. The van der Waals surface area contributed by atoms with Crippen molar-refractivity contribution < 1.29 is 29.6 Å². The van der Waals surface area contributed by atoms with Crippen LogP contribution >= 0.6 is 0 Å². The zero-order valence-corrected chi connectivity index (χ0v) is 17.2. The van der Waals surface area contributed by atoms with E-state index in [-0.39, 0.29) is 5.82 Å². The van der Waals surface area contributed by atoms with Gasteiger partial charge in [0.2, 0.25) is 0 Å². The van der Waals surface area contributed by atoms with Gasteiger partial charge in [-0.05, 0) is 46.5 Å². The number of fused-ring (bicyclic) bond motifs is 2. The molecule has 5 rings (SSSR count). The van der Waals surface area contributed by atoms with Crippen molar-refractivity contribution in [3.8, 4) is 0 Å². The Hall–Kier alpha value is -2.81. The molecule has 0 radical (unpaired) electrons. The van der Waals surface area contributed by atoms with Crippen LogP contribution in [0.25, 0.3) is 21.7 Å². The summed E-state index contributed by atoms with van der Waals surface area (Å²) in [6.45, 7) is -0.481. The molecule has 4 N–H and O–H groups in total. The molecule has 6 nitrogen and oxygen atoms in total. The van der Waals surface area contributed by atoms with Gasteiger partial charge in [0.15, 0.2) is 6.23 Å². The molecule has 1 aromatic heterocycles. The van der Waals surface area contributed by atoms with Gasteiger partial charge < -0.3 is 29.7 Å². The summed E-state index contributed by atoms with van der Waals surface area (Å²) in [5.74, 6) is -0.271. The highest BCUT2D eigenvalue weighted by Gasteiger charge is 2.44. The average Bonchev–Trinajstić information content (AvgIpc) is 3.16. The summed E-state index contributed by atoms with van der Waals surface area (Å²) < 4.78 is 21.0. The van der Waals surface area contributed by atoms with E-state index in [1.54, 1.807) is 10.6 Å². The zero-order valence-electron chi connectivity index (χ0n) is 17.2. The van der Waals surface area contributed by atoms with E-state index in [2.05, 4.69) is 0 Å². The maximum atomic E-state index is 13.5. The van der Waals surface area contributed by atoms with Crippen LogP contribution in [0.3, 0.4) is 0 Å². The van der Waals surface area contributed by atoms with Crippen LogP contribution in [0.2, 0.25) is 0 Å². The Morgan fingerprint density at radius 1 is 0.875 bits per heavy atom. The van der Waals surface area contributed by atoms with Gasteiger partial charge in [-0.15, -0.1) is 0 Å². The standard InChI is InChI=1S/C25H24FNO5/c26-18-8-7-15-9-14(5-6-16(15)11-18)10-17-12-27(20-4-2-1-3-19(17)20)25-24(31)23(30)22(29)21(13-28)32-25/h1-9,11-12,21-25,28-31H,10,13H2/t21-,22-,23+,24-,25-/m1/s1. The Bertz CT molecular complexity index is 1270. The van der Waals surface area contributed by atoms with Gasteiger partial charge in [0.1, 0.15) is 30.2 Å². The highest BCUT2D eigenvalue weighted by atomic mass is 19.1. The highest BCUT2D eigenvalue weighted by Crippen LogP contribution is 2.34. The molecule has 32 heavy (non-hydrogen) atoms. The van der Waals surface area contributed by atoms with Gasteiger partial charge in [0.05, 0.1) is 12.1 Å². The van der Waals surface area contributed by atoms with Crippen molar-refractivity contribution in [2.75, 3.05) is 6.61 Å². The number of benzene rings is 3. The molecule has 4 aromatic rings. The van der Waals surface area contributed by atoms with E-state index in [1.165, 1.54) is 12.1 Å². The number of aromatic nitrogens is 1. The molecule has 1 fully saturated rings. The van der Waals surface area contributed by atoms with Crippen molar-refractivity contribution in [3.63, 3.8) is 0 Å². The Labute approximate surface area is 183 Å². The van der Waals surface area contributed by atoms with E-state index in [9.17, 15) is 24.8 Å². The highest BCUT2D eigenvalue weighted by molar-refractivity contribution is 5.86. The molecular weight excluding hydrogens is 413 g/mol. The van der Waals surface area contributed by atoms with Crippen LogP contribution in [0.4, 0.5) is 4.39 Å². The third-order valence-electron chi connectivity index (χ3n) is 6.23. The van der Waals surface area contributed by atoms with Crippen LogP contribution < -0.4 is 0 Å². The first-order chi connectivity index (χ1) is 15.5. The first-order valence-electron chi connectivity index (χ1n) is 10.5. The number of rotatable bonds is 4. The average molecular weight is 437 g/mol. The van der Waals surface area contributed by atoms with Crippen molar-refractivity contribution >= 4 is 21.7 Å². The molecule has 0 spiro atoms. The van der Waals surface area contributed by atoms with Crippen molar-refractivity contribution in [3.05, 3.63) is 83.8 Å². The molecule has 0 bridgehead atoms. The largest absolute Gasteiger partial charge is 0.394 e. The van der Waals surface area contributed by atoms with Crippen LogP contribution in [0.15, 0.2) is 66.9 Å². The fraction of sp³-hybridized carbons (Fsp3) is 0.280. The molecule has 5 atom stereocenters. The van der Waals surface area contributed by atoms with Gasteiger partial charge in [-0.2, -0.15) is 0 Å². The minimum absolute atomic E-state index is 0.271. The van der Waals surface area contributed by atoms with Crippen LogP contribution in [0.5, 0.6) is 0 Å². The quantitative estimate of drug-likeness (QED) is 0.394. The SMILES string of the molecule is OC[C@H]1O[C@@H](n2cc(Cc3ccc4cc(F)ccc4c3)c3ccccc32)[C@H](O)[C@@H](O)[C@@H]1O. The number of hydrogen-bond acceptors (Lipinski definition) is 5. The molecule has 7 heteroatoms. The maximum Gasteiger partial charge on any atom is 0.163 e. The first-order valence-corrected chi connectivity index (χ1v) is 10.5. The van der Waals surface area contributed by atoms with Gasteiger partial charge >= 0.3 is 0 Å². The summed E-state index contributed by atoms with van der Waals surface area (Å²) in [7, 11) is 0. The summed E-state index contributed by atoms with van der Waals surface area (Å²) >= 11 is 0. The van der Waals surface area contributed by atoms with E-state index in [4.69, 9.17) is 4.74 Å². The van der Waals surface area contributed by atoms with Crippen LogP contribution in [-0.4, -0.2) is 56.0 Å². The number of ether oxygens (including phenoxy) is 1. The smallest absolute Gasteiger partial charge is 0.163 e. The second kappa shape index (κ2) is 8.27. The number of para-hydroxylation sites is 1. The van der Waals surface area contributed by atoms with Gasteiger partial charge in [0, 0.05) is 11.6 Å². The molecule has 1 aliphatic heterocycles. The van der Waals surface area contributed by atoms with E-state index < -0.39 is 37.3 Å². The summed E-state index contributed by atoms with van der Waals surface area (Å²) in [4.78, 5) is 0. The van der Waals surface area contributed by atoms with Crippen molar-refractivity contribution in [1.29, 1.82) is 0 Å². The molecule has 0 aliphatic carbocycles. The molecule has 0 saturated carbocycles. The van der Waals surface area contributed by atoms with Crippen molar-refractivity contribution in [1.82, 2.24) is 4.57 Å². The van der Waals surface area contributed by atoms with Gasteiger partial charge in [-0.25, -0.2) is 4.39 Å². The topological polar surface area (TPSA) is 95.1 Å². The fourth-order valence-corrected chi connectivity index (χ4v) is 4.54. The molecule has 0 amide bonds. The molecular formula is C25H24FNO5. The fourth-order valence-electron chi connectivity index (χ4n) is 4.54. The Morgan fingerprint density at radius 2 is 1.62 bits per heavy atom. The lowest BCUT2D eigenvalue weighted by atomic mass is 9.98. The second-order valence-corrected chi connectivity index (χ2v) is 8.30. The van der Waals surface area contributed by atoms with Gasteiger partial charge in [-0.1, -0.05) is 42.5 Å². The predicted octanol–water partition coefficient (Wildman–Crippen LogP) is 2.50. The van der Waals surface area contributed by atoms with Crippen LogP contribution in [-0.2, 0) is 11.2 Å². The Kier molecular flexibility index (Phi) is 5.44. The Morgan fingerprint density at radius 3 is 2.44 bits per heavy atom. The van der Waals surface area contributed by atoms with E-state index in [1.807, 2.05) is 48.7 Å². The van der Waals surface area contributed by atoms with E-state index in [0.717, 1.165) is 32.8 Å². The van der Waals surface area contributed by atoms with Crippen molar-refractivity contribution in [2.24, 2.45) is 0 Å². The number of hydrogen-bond donors (Lipinski definition) is 4. The number of halogens is 1. The number of aliphatic hydroxyl groups is 4. The minimum atomic E-state index is -1.45. The van der Waals surface area contributed by atoms with Gasteiger partial charge in [-0.3, -0.25) is 0 Å². The Balaban J connectivity index is 1.54. The molecule has 1 saturated heterocycles. The second-order valence-electron chi connectivity index (χ2n) is 8.30. The maximum absolute atomic E-state index is 13.5. The van der Waals surface area contributed by atoms with Crippen molar-refractivity contribution in [2.45, 2.75) is 37.1 Å². The molecule has 3 aromatic carbocycles.